The minimum absolute atomic E-state index is 0.343. The van der Waals surface area contributed by atoms with E-state index >= 15 is 0 Å². The van der Waals surface area contributed by atoms with Crippen LogP contribution in [0.3, 0.4) is 0 Å². The maximum absolute atomic E-state index is 10.9. The van der Waals surface area contributed by atoms with Crippen LogP contribution in [0.1, 0.15) is 12.0 Å². The molecule has 1 aromatic carbocycles. The van der Waals surface area contributed by atoms with Crippen LogP contribution in [0, 0.1) is 0 Å². The highest BCUT2D eigenvalue weighted by Crippen LogP contribution is 2.14. The molecule has 6 heteroatoms. The molecule has 0 radical (unpaired) electrons. The first kappa shape index (κ1) is 11.4. The van der Waals surface area contributed by atoms with Crippen LogP contribution in [0.15, 0.2) is 27.4 Å². The van der Waals surface area contributed by atoms with Gasteiger partial charge in [-0.15, -0.1) is 0 Å². The van der Waals surface area contributed by atoms with Crippen LogP contribution in [-0.2, 0) is 11.2 Å². The number of nitrogens with one attached hydrogen (secondary N) is 1. The number of aliphatic carboxylic acids is 1. The zero-order valence-electron chi connectivity index (χ0n) is 8.97. The molecule has 2 aromatic rings. The van der Waals surface area contributed by atoms with Crippen LogP contribution in [0.25, 0.3) is 11.1 Å². The number of benzene rings is 1. The summed E-state index contributed by atoms with van der Waals surface area (Å²) in [7, 11) is 0. The molecule has 1 aromatic heterocycles. The Morgan fingerprint density at radius 1 is 1.53 bits per heavy atom. The van der Waals surface area contributed by atoms with Crippen molar-refractivity contribution in [2.75, 3.05) is 0 Å². The number of carbonyl (C=O) groups is 1. The number of fused-ring (bicyclic) bond motifs is 1. The van der Waals surface area contributed by atoms with E-state index in [0.29, 0.717) is 23.9 Å². The fraction of sp³-hybridized carbons (Fsp3) is 0.273. The highest BCUT2D eigenvalue weighted by molar-refractivity contribution is 5.74. The van der Waals surface area contributed by atoms with Crippen molar-refractivity contribution in [3.05, 3.63) is 34.3 Å². The van der Waals surface area contributed by atoms with Crippen molar-refractivity contribution in [1.29, 1.82) is 0 Å². The van der Waals surface area contributed by atoms with Gasteiger partial charge in [-0.2, -0.15) is 0 Å². The zero-order chi connectivity index (χ0) is 12.4. The minimum Gasteiger partial charge on any atom is -0.480 e. The van der Waals surface area contributed by atoms with Crippen LogP contribution in [0.4, 0.5) is 0 Å². The second-order valence-corrected chi connectivity index (χ2v) is 3.83. The predicted molar refractivity (Wildman–Crippen MR) is 60.8 cm³/mol. The van der Waals surface area contributed by atoms with Gasteiger partial charge in [0.25, 0.3) is 0 Å². The van der Waals surface area contributed by atoms with Gasteiger partial charge in [0.2, 0.25) is 0 Å². The second-order valence-electron chi connectivity index (χ2n) is 3.83. The van der Waals surface area contributed by atoms with E-state index < -0.39 is 17.8 Å². The second kappa shape index (κ2) is 4.42. The van der Waals surface area contributed by atoms with E-state index in [9.17, 15) is 9.59 Å². The third-order valence-corrected chi connectivity index (χ3v) is 2.55. The molecule has 4 N–H and O–H groups in total. The molecule has 0 unspecified atom stereocenters. The van der Waals surface area contributed by atoms with Crippen molar-refractivity contribution >= 4 is 17.1 Å². The highest BCUT2D eigenvalue weighted by atomic mass is 16.4. The number of nitrogens with two attached hydrogens (primary N) is 1. The van der Waals surface area contributed by atoms with E-state index in [1.54, 1.807) is 12.1 Å². The summed E-state index contributed by atoms with van der Waals surface area (Å²) in [4.78, 5) is 24.0. The van der Waals surface area contributed by atoms with Crippen LogP contribution in [-0.4, -0.2) is 22.1 Å². The summed E-state index contributed by atoms with van der Waals surface area (Å²) in [5.74, 6) is -1.52. The van der Waals surface area contributed by atoms with Gasteiger partial charge < -0.3 is 15.3 Å². The lowest BCUT2D eigenvalue weighted by Crippen LogP contribution is -2.30. The maximum Gasteiger partial charge on any atom is 0.417 e. The van der Waals surface area contributed by atoms with Crippen molar-refractivity contribution in [3.8, 4) is 0 Å². The summed E-state index contributed by atoms with van der Waals surface area (Å²) in [6.45, 7) is 0. The molecule has 2 rings (SSSR count). The Morgan fingerprint density at radius 2 is 2.29 bits per heavy atom. The summed E-state index contributed by atoms with van der Waals surface area (Å²) < 4.78 is 4.90. The fourth-order valence-electron chi connectivity index (χ4n) is 1.59. The normalized spacial score (nSPS) is 12.8. The Balaban J connectivity index is 2.14. The number of hydrogen-bond acceptors (Lipinski definition) is 4. The van der Waals surface area contributed by atoms with Crippen molar-refractivity contribution in [1.82, 2.24) is 4.98 Å². The van der Waals surface area contributed by atoms with Gasteiger partial charge in [-0.25, -0.2) is 4.79 Å². The van der Waals surface area contributed by atoms with Crippen molar-refractivity contribution in [2.24, 2.45) is 5.73 Å². The van der Waals surface area contributed by atoms with E-state index in [1.807, 2.05) is 6.07 Å². The molecule has 0 bridgehead atoms. The van der Waals surface area contributed by atoms with E-state index in [-0.39, 0.29) is 0 Å². The van der Waals surface area contributed by atoms with Crippen LogP contribution >= 0.6 is 0 Å². The molecule has 1 heterocycles. The first-order chi connectivity index (χ1) is 8.06. The Bertz CT molecular complexity index is 599. The topological polar surface area (TPSA) is 109 Å². The molecule has 1 atom stereocenters. The largest absolute Gasteiger partial charge is 0.480 e. The van der Waals surface area contributed by atoms with Gasteiger partial charge in [-0.3, -0.25) is 9.78 Å². The van der Waals surface area contributed by atoms with E-state index in [2.05, 4.69) is 4.98 Å². The Labute approximate surface area is 96.0 Å². The molecule has 0 saturated heterocycles. The molecular weight excluding hydrogens is 224 g/mol. The number of hydrogen-bond donors (Lipinski definition) is 3. The van der Waals surface area contributed by atoms with Gasteiger partial charge >= 0.3 is 11.7 Å². The number of aryl methyl sites for hydroxylation is 1. The number of aromatic nitrogens is 1. The Hall–Kier alpha value is -2.08. The van der Waals surface area contributed by atoms with Crippen LogP contribution in [0.2, 0.25) is 0 Å². The molecule has 0 aliphatic rings. The van der Waals surface area contributed by atoms with Gasteiger partial charge in [0, 0.05) is 0 Å². The Kier molecular flexibility index (Phi) is 2.97. The first-order valence-corrected chi connectivity index (χ1v) is 5.16. The number of carboxylic acid groups (broad SMARTS) is 1. The van der Waals surface area contributed by atoms with Crippen molar-refractivity contribution in [3.63, 3.8) is 0 Å². The lowest BCUT2D eigenvalue weighted by molar-refractivity contribution is -0.138. The van der Waals surface area contributed by atoms with Gasteiger partial charge in [0.1, 0.15) is 6.04 Å². The molecule has 0 aliphatic heterocycles. The number of H-pyrrole nitrogens is 1. The molecule has 0 aliphatic carbocycles. The summed E-state index contributed by atoms with van der Waals surface area (Å²) in [5, 5.41) is 8.65. The minimum atomic E-state index is -1.01. The van der Waals surface area contributed by atoms with Crippen molar-refractivity contribution in [2.45, 2.75) is 18.9 Å². The third-order valence-electron chi connectivity index (χ3n) is 2.55. The van der Waals surface area contributed by atoms with Crippen molar-refractivity contribution < 1.29 is 14.3 Å². The molecule has 0 amide bonds. The summed E-state index contributed by atoms with van der Waals surface area (Å²) in [5.41, 5.74) is 7.38. The van der Waals surface area contributed by atoms with E-state index in [4.69, 9.17) is 15.3 Å². The monoisotopic (exact) mass is 236 g/mol. The lowest BCUT2D eigenvalue weighted by Gasteiger charge is -2.05. The number of oxazole rings is 1. The number of aromatic amines is 1. The smallest absolute Gasteiger partial charge is 0.417 e. The van der Waals surface area contributed by atoms with E-state index in [0.717, 1.165) is 5.56 Å². The Morgan fingerprint density at radius 3 is 3.00 bits per heavy atom. The SMILES string of the molecule is N[C@H](CCc1ccc2[nH]c(=O)oc2c1)C(=O)O. The molecular formula is C11H12N2O4. The third kappa shape index (κ3) is 2.54. The van der Waals surface area contributed by atoms with Gasteiger partial charge in [-0.05, 0) is 30.5 Å². The summed E-state index contributed by atoms with van der Waals surface area (Å²) in [6, 6.07) is 4.37. The predicted octanol–water partition coefficient (Wildman–Crippen LogP) is 0.466. The number of carboxylic acids is 1. The maximum atomic E-state index is 10.9. The number of rotatable bonds is 4. The van der Waals surface area contributed by atoms with Gasteiger partial charge in [0.05, 0.1) is 5.52 Å². The quantitative estimate of drug-likeness (QED) is 0.714. The highest BCUT2D eigenvalue weighted by Gasteiger charge is 2.11. The molecule has 6 nitrogen and oxygen atoms in total. The molecule has 0 saturated carbocycles. The zero-order valence-corrected chi connectivity index (χ0v) is 8.97. The molecule has 0 fully saturated rings. The average Bonchev–Trinajstić information content (AvgIpc) is 2.64. The molecule has 0 spiro atoms. The first-order valence-electron chi connectivity index (χ1n) is 5.16. The van der Waals surface area contributed by atoms with Gasteiger partial charge in [0.15, 0.2) is 5.58 Å². The van der Waals surface area contributed by atoms with Gasteiger partial charge in [-0.1, -0.05) is 6.07 Å². The summed E-state index contributed by atoms with van der Waals surface area (Å²) >= 11 is 0. The molecule has 17 heavy (non-hydrogen) atoms. The average molecular weight is 236 g/mol. The van der Waals surface area contributed by atoms with E-state index in [1.165, 1.54) is 0 Å². The van der Waals surface area contributed by atoms with Crippen LogP contribution < -0.4 is 11.5 Å². The fourth-order valence-corrected chi connectivity index (χ4v) is 1.59. The molecule has 90 valence electrons. The summed E-state index contributed by atoms with van der Waals surface area (Å²) in [6.07, 6.45) is 0.869. The van der Waals surface area contributed by atoms with Crippen LogP contribution in [0.5, 0.6) is 0 Å². The standard InChI is InChI=1S/C11H12N2O4/c12-7(10(14)15)3-1-6-2-4-8-9(5-6)17-11(16)13-8/h2,4-5,7H,1,3,12H2,(H,13,16)(H,14,15)/t7-/m1/s1. The lowest BCUT2D eigenvalue weighted by atomic mass is 10.1.